The minimum absolute atomic E-state index is 0.172. The average Bonchev–Trinajstić information content (AvgIpc) is 3.48. The lowest BCUT2D eigenvalue weighted by atomic mass is 9.94. The predicted molar refractivity (Wildman–Crippen MR) is 130 cm³/mol. The van der Waals surface area contributed by atoms with Crippen molar-refractivity contribution in [2.45, 2.75) is 52.0 Å². The SMILES string of the molecule is CC1=CC(C)=NC(=O)C1CNC(=O)c1cc(C2=CCNCC2)cc2c1cnn2C1CCCC1. The number of carbonyl (C=O) groups is 2. The van der Waals surface area contributed by atoms with Crippen molar-refractivity contribution in [1.29, 1.82) is 0 Å². The number of aromatic nitrogens is 2. The molecule has 2 amide bonds. The molecule has 7 heteroatoms. The van der Waals surface area contributed by atoms with Crippen molar-refractivity contribution in [3.05, 3.63) is 47.2 Å². The molecule has 2 aromatic rings. The van der Waals surface area contributed by atoms with Crippen LogP contribution in [0.1, 0.15) is 67.9 Å². The van der Waals surface area contributed by atoms with Crippen LogP contribution in [0.2, 0.25) is 0 Å². The Bertz CT molecular complexity index is 1200. The molecule has 1 saturated carbocycles. The van der Waals surface area contributed by atoms with Gasteiger partial charge >= 0.3 is 0 Å². The van der Waals surface area contributed by atoms with Crippen molar-refractivity contribution in [1.82, 2.24) is 20.4 Å². The Morgan fingerprint density at radius 1 is 1.24 bits per heavy atom. The molecule has 1 atom stereocenters. The first-order chi connectivity index (χ1) is 16.0. The number of hydrogen-bond donors (Lipinski definition) is 2. The number of allylic oxidation sites excluding steroid dienone is 1. The minimum Gasteiger partial charge on any atom is -0.351 e. The third-order valence-electron chi connectivity index (χ3n) is 7.10. The molecule has 2 aliphatic heterocycles. The third kappa shape index (κ3) is 4.29. The Morgan fingerprint density at radius 2 is 2.06 bits per heavy atom. The number of nitrogens with zero attached hydrogens (tertiary/aromatic N) is 3. The van der Waals surface area contributed by atoms with Gasteiger partial charge in [0.1, 0.15) is 0 Å². The number of nitrogens with one attached hydrogen (secondary N) is 2. The molecule has 0 radical (unpaired) electrons. The predicted octanol–water partition coefficient (Wildman–Crippen LogP) is 3.82. The van der Waals surface area contributed by atoms with Gasteiger partial charge in [0, 0.05) is 24.2 Å². The highest BCUT2D eigenvalue weighted by Crippen LogP contribution is 2.34. The molecule has 5 rings (SSSR count). The second-order valence-electron chi connectivity index (χ2n) is 9.41. The van der Waals surface area contributed by atoms with Crippen LogP contribution in [0.15, 0.2) is 41.0 Å². The van der Waals surface area contributed by atoms with Crippen molar-refractivity contribution < 1.29 is 9.59 Å². The van der Waals surface area contributed by atoms with E-state index in [1.165, 1.54) is 18.4 Å². The van der Waals surface area contributed by atoms with Gasteiger partial charge in [-0.2, -0.15) is 5.10 Å². The lowest BCUT2D eigenvalue weighted by Crippen LogP contribution is -2.34. The number of aliphatic imine (C=N–C) groups is 1. The van der Waals surface area contributed by atoms with Gasteiger partial charge < -0.3 is 10.6 Å². The zero-order valence-electron chi connectivity index (χ0n) is 19.4. The molecule has 3 aliphatic rings. The number of rotatable bonds is 5. The first-order valence-electron chi connectivity index (χ1n) is 12.0. The highest BCUT2D eigenvalue weighted by Gasteiger charge is 2.26. The number of benzene rings is 1. The molecule has 1 unspecified atom stereocenters. The maximum absolute atomic E-state index is 13.4. The fourth-order valence-corrected chi connectivity index (χ4v) is 5.29. The minimum atomic E-state index is -0.412. The first kappa shape index (κ1) is 21.8. The number of hydrogen-bond acceptors (Lipinski definition) is 4. The Balaban J connectivity index is 1.48. The molecule has 1 aliphatic carbocycles. The summed E-state index contributed by atoms with van der Waals surface area (Å²) in [5, 5.41) is 11.9. The highest BCUT2D eigenvalue weighted by atomic mass is 16.2. The van der Waals surface area contributed by atoms with Crippen molar-refractivity contribution in [2.24, 2.45) is 10.9 Å². The summed E-state index contributed by atoms with van der Waals surface area (Å²) in [5.74, 6) is -0.778. The summed E-state index contributed by atoms with van der Waals surface area (Å²) in [6.45, 7) is 5.75. The van der Waals surface area contributed by atoms with Crippen LogP contribution in [0.25, 0.3) is 16.5 Å². The summed E-state index contributed by atoms with van der Waals surface area (Å²) in [7, 11) is 0. The zero-order valence-corrected chi connectivity index (χ0v) is 19.4. The molecule has 0 spiro atoms. The largest absolute Gasteiger partial charge is 0.351 e. The van der Waals surface area contributed by atoms with Crippen molar-refractivity contribution in [2.75, 3.05) is 19.6 Å². The lowest BCUT2D eigenvalue weighted by molar-refractivity contribution is -0.120. The summed E-state index contributed by atoms with van der Waals surface area (Å²) in [5.41, 5.74) is 5.63. The fourth-order valence-electron chi connectivity index (χ4n) is 5.29. The van der Waals surface area contributed by atoms with Crippen molar-refractivity contribution >= 4 is 34.0 Å². The Labute approximate surface area is 194 Å². The van der Waals surface area contributed by atoms with Gasteiger partial charge in [0.15, 0.2) is 0 Å². The van der Waals surface area contributed by atoms with E-state index in [0.29, 0.717) is 17.3 Å². The van der Waals surface area contributed by atoms with E-state index < -0.39 is 5.92 Å². The quantitative estimate of drug-likeness (QED) is 0.732. The van der Waals surface area contributed by atoms with Gasteiger partial charge in [-0.05, 0) is 69.0 Å². The van der Waals surface area contributed by atoms with E-state index in [1.807, 2.05) is 32.2 Å². The van der Waals surface area contributed by atoms with Crippen LogP contribution in [0.3, 0.4) is 0 Å². The topological polar surface area (TPSA) is 88.4 Å². The van der Waals surface area contributed by atoms with Crippen LogP contribution < -0.4 is 10.6 Å². The van der Waals surface area contributed by atoms with Crippen LogP contribution in [-0.4, -0.2) is 46.9 Å². The third-order valence-corrected chi connectivity index (χ3v) is 7.10. The summed E-state index contributed by atoms with van der Waals surface area (Å²) in [4.78, 5) is 29.8. The Kier molecular flexibility index (Phi) is 5.98. The summed E-state index contributed by atoms with van der Waals surface area (Å²) >= 11 is 0. The molecule has 1 fully saturated rings. The summed E-state index contributed by atoms with van der Waals surface area (Å²) < 4.78 is 2.12. The first-order valence-corrected chi connectivity index (χ1v) is 12.0. The molecule has 1 aromatic heterocycles. The van der Waals surface area contributed by atoms with Gasteiger partial charge in [-0.3, -0.25) is 14.3 Å². The molecular formula is C26H31N5O2. The van der Waals surface area contributed by atoms with Crippen molar-refractivity contribution in [3.8, 4) is 0 Å². The van der Waals surface area contributed by atoms with E-state index in [0.717, 1.165) is 54.4 Å². The molecule has 1 aromatic carbocycles. The van der Waals surface area contributed by atoms with E-state index in [2.05, 4.69) is 32.5 Å². The normalized spacial score (nSPS) is 21.7. The molecule has 3 heterocycles. The van der Waals surface area contributed by atoms with Crippen LogP contribution in [-0.2, 0) is 4.79 Å². The average molecular weight is 446 g/mol. The number of dihydropyridines is 1. The van der Waals surface area contributed by atoms with E-state index in [4.69, 9.17) is 5.10 Å². The maximum Gasteiger partial charge on any atom is 0.254 e. The second kappa shape index (κ2) is 9.06. The van der Waals surface area contributed by atoms with E-state index >= 15 is 0 Å². The number of carbonyl (C=O) groups excluding carboxylic acids is 2. The summed E-state index contributed by atoms with van der Waals surface area (Å²) in [6.07, 6.45) is 11.6. The van der Waals surface area contributed by atoms with E-state index in [1.54, 1.807) is 0 Å². The van der Waals surface area contributed by atoms with Crippen LogP contribution in [0.4, 0.5) is 0 Å². The van der Waals surface area contributed by atoms with Gasteiger partial charge in [0.2, 0.25) is 0 Å². The lowest BCUT2D eigenvalue weighted by Gasteiger charge is -2.20. The van der Waals surface area contributed by atoms with Crippen LogP contribution in [0, 0.1) is 5.92 Å². The van der Waals surface area contributed by atoms with Gasteiger partial charge in [-0.15, -0.1) is 0 Å². The zero-order chi connectivity index (χ0) is 22.9. The van der Waals surface area contributed by atoms with Gasteiger partial charge in [-0.25, -0.2) is 4.99 Å². The number of amides is 2. The van der Waals surface area contributed by atoms with Crippen LogP contribution >= 0.6 is 0 Å². The molecule has 0 saturated heterocycles. The maximum atomic E-state index is 13.4. The molecule has 33 heavy (non-hydrogen) atoms. The molecule has 0 bridgehead atoms. The van der Waals surface area contributed by atoms with Gasteiger partial charge in [-0.1, -0.05) is 24.5 Å². The molecule has 172 valence electrons. The second-order valence-corrected chi connectivity index (χ2v) is 9.41. The van der Waals surface area contributed by atoms with Crippen molar-refractivity contribution in [3.63, 3.8) is 0 Å². The fraction of sp³-hybridized carbons (Fsp3) is 0.462. The number of fused-ring (bicyclic) bond motifs is 1. The monoisotopic (exact) mass is 445 g/mol. The molecule has 2 N–H and O–H groups in total. The Morgan fingerprint density at radius 3 is 2.79 bits per heavy atom. The Hall–Kier alpha value is -3.06. The molecular weight excluding hydrogens is 414 g/mol. The van der Waals surface area contributed by atoms with Gasteiger partial charge in [0.25, 0.3) is 11.8 Å². The van der Waals surface area contributed by atoms with E-state index in [-0.39, 0.29) is 18.4 Å². The highest BCUT2D eigenvalue weighted by molar-refractivity contribution is 6.08. The smallest absolute Gasteiger partial charge is 0.254 e. The molecule has 7 nitrogen and oxygen atoms in total. The van der Waals surface area contributed by atoms with Gasteiger partial charge in [0.05, 0.1) is 29.2 Å². The summed E-state index contributed by atoms with van der Waals surface area (Å²) in [6, 6.07) is 4.58. The van der Waals surface area contributed by atoms with E-state index in [9.17, 15) is 9.59 Å². The van der Waals surface area contributed by atoms with Crippen LogP contribution in [0.5, 0.6) is 0 Å². The standard InChI is InChI=1S/C26H31N5O2/c1-16-11-17(2)30-26(33)22(16)14-28-25(32)21-12-19(18-7-9-27-10-8-18)13-24-23(21)15-29-31(24)20-5-3-4-6-20/h7,11-13,15,20,22,27H,3-6,8-10,14H2,1-2H3,(H,28,32).